The van der Waals surface area contributed by atoms with Crippen LogP contribution in [0.4, 0.5) is 0 Å². The first-order valence-corrected chi connectivity index (χ1v) is 5.14. The van der Waals surface area contributed by atoms with Crippen LogP contribution >= 0.6 is 0 Å². The molecule has 15 heavy (non-hydrogen) atoms. The third-order valence-corrected chi connectivity index (χ3v) is 1.67. The maximum atomic E-state index is 5.11. The predicted octanol–water partition coefficient (Wildman–Crippen LogP) is 2.00. The number of rotatable bonds is 7. The summed E-state index contributed by atoms with van der Waals surface area (Å²) in [7, 11) is 0. The van der Waals surface area contributed by atoms with Crippen LogP contribution in [0.2, 0.25) is 0 Å². The van der Waals surface area contributed by atoms with Gasteiger partial charge in [0.25, 0.3) is 0 Å². The van der Waals surface area contributed by atoms with Gasteiger partial charge in [-0.25, -0.2) is 4.90 Å². The summed E-state index contributed by atoms with van der Waals surface area (Å²) in [5.41, 5.74) is 0. The molecule has 0 unspecified atom stereocenters. The summed E-state index contributed by atoms with van der Waals surface area (Å²) in [6.45, 7) is 7.51. The fourth-order valence-electron chi connectivity index (χ4n) is 0.940. The highest BCUT2D eigenvalue weighted by Gasteiger charge is 2.03. The van der Waals surface area contributed by atoms with Gasteiger partial charge in [0.1, 0.15) is 12.2 Å². The van der Waals surface area contributed by atoms with E-state index in [9.17, 15) is 0 Å². The van der Waals surface area contributed by atoms with Crippen molar-refractivity contribution in [1.29, 1.82) is 0 Å². The molecule has 0 radical (unpaired) electrons. The fourth-order valence-corrected chi connectivity index (χ4v) is 0.940. The summed E-state index contributed by atoms with van der Waals surface area (Å²) in [6.07, 6.45) is 7.39. The lowest BCUT2D eigenvalue weighted by Gasteiger charge is -2.18. The zero-order chi connectivity index (χ0) is 11.4. The molecule has 0 atom stereocenters. The number of ether oxygens (including phenoxy) is 2. The Morgan fingerprint density at radius 1 is 1.00 bits per heavy atom. The SMILES string of the molecule is CC#COCN(CCCC)COC#CC. The highest BCUT2D eigenvalue weighted by atomic mass is 16.5. The lowest BCUT2D eigenvalue weighted by Crippen LogP contribution is -2.28. The normalized spacial score (nSPS) is 8.53. The summed E-state index contributed by atoms with van der Waals surface area (Å²) < 4.78 is 10.2. The van der Waals surface area contributed by atoms with Gasteiger partial charge in [0.05, 0.1) is 0 Å². The second kappa shape index (κ2) is 10.8. The molecular formula is C12H19NO2. The van der Waals surface area contributed by atoms with Crippen LogP contribution in [0, 0.1) is 24.1 Å². The number of unbranched alkanes of at least 4 members (excludes halogenated alkanes) is 1. The van der Waals surface area contributed by atoms with Gasteiger partial charge in [0.15, 0.2) is 13.5 Å². The van der Waals surface area contributed by atoms with Crippen molar-refractivity contribution in [2.24, 2.45) is 0 Å². The average Bonchev–Trinajstić information content (AvgIpc) is 2.25. The summed E-state index contributed by atoms with van der Waals surface area (Å²) in [4.78, 5) is 2.03. The standard InChI is InChI=1S/C12H19NO2/c1-4-7-8-13(11-14-9-5-2)12-15-10-6-3/h4,7-8,11-12H2,1-3H3. The molecule has 0 aliphatic heterocycles. The minimum Gasteiger partial charge on any atom is -0.430 e. The Hall–Kier alpha value is -1.32. The molecule has 0 spiro atoms. The molecule has 0 aromatic rings. The zero-order valence-electron chi connectivity index (χ0n) is 9.80. The van der Waals surface area contributed by atoms with Crippen molar-refractivity contribution in [3.8, 4) is 24.1 Å². The number of hydrogen-bond donors (Lipinski definition) is 0. The Bertz CT molecular complexity index is 230. The van der Waals surface area contributed by atoms with Crippen LogP contribution in [0.15, 0.2) is 0 Å². The largest absolute Gasteiger partial charge is 0.430 e. The van der Waals surface area contributed by atoms with Crippen LogP contribution in [-0.4, -0.2) is 24.9 Å². The third-order valence-electron chi connectivity index (χ3n) is 1.67. The molecular weight excluding hydrogens is 190 g/mol. The van der Waals surface area contributed by atoms with Crippen LogP contribution in [0.3, 0.4) is 0 Å². The van der Waals surface area contributed by atoms with Crippen molar-refractivity contribution < 1.29 is 9.47 Å². The zero-order valence-corrected chi connectivity index (χ0v) is 9.80. The molecule has 0 N–H and O–H groups in total. The first kappa shape index (κ1) is 13.7. The molecule has 0 aromatic carbocycles. The molecule has 3 heteroatoms. The van der Waals surface area contributed by atoms with E-state index in [2.05, 4.69) is 31.0 Å². The molecule has 0 bridgehead atoms. The lowest BCUT2D eigenvalue weighted by molar-refractivity contribution is 0.0270. The number of nitrogens with zero attached hydrogens (tertiary/aromatic N) is 1. The predicted molar refractivity (Wildman–Crippen MR) is 60.4 cm³/mol. The van der Waals surface area contributed by atoms with E-state index in [1.807, 2.05) is 4.90 Å². The molecule has 3 nitrogen and oxygen atoms in total. The van der Waals surface area contributed by atoms with Crippen molar-refractivity contribution in [2.75, 3.05) is 20.0 Å². The Morgan fingerprint density at radius 2 is 1.53 bits per heavy atom. The molecule has 0 amide bonds. The highest BCUT2D eigenvalue weighted by Crippen LogP contribution is 1.95. The van der Waals surface area contributed by atoms with Gasteiger partial charge in [0, 0.05) is 20.4 Å². The molecule has 0 saturated heterocycles. The van der Waals surface area contributed by atoms with Crippen LogP contribution < -0.4 is 0 Å². The molecule has 0 aliphatic rings. The van der Waals surface area contributed by atoms with Gasteiger partial charge in [0.2, 0.25) is 0 Å². The van der Waals surface area contributed by atoms with Crippen molar-refractivity contribution in [2.45, 2.75) is 33.6 Å². The topological polar surface area (TPSA) is 21.7 Å². The van der Waals surface area contributed by atoms with Gasteiger partial charge in [-0.05, 0) is 6.42 Å². The summed E-state index contributed by atoms with van der Waals surface area (Å²) >= 11 is 0. The Balaban J connectivity index is 3.78. The van der Waals surface area contributed by atoms with Crippen molar-refractivity contribution in [3.05, 3.63) is 0 Å². The highest BCUT2D eigenvalue weighted by molar-refractivity contribution is 4.86. The minimum absolute atomic E-state index is 0.465. The monoisotopic (exact) mass is 209 g/mol. The number of hydrogen-bond acceptors (Lipinski definition) is 3. The van der Waals surface area contributed by atoms with Gasteiger partial charge in [-0.1, -0.05) is 25.2 Å². The van der Waals surface area contributed by atoms with Crippen LogP contribution in [0.1, 0.15) is 33.6 Å². The van der Waals surface area contributed by atoms with E-state index in [0.717, 1.165) is 19.4 Å². The van der Waals surface area contributed by atoms with Crippen LogP contribution in [0.25, 0.3) is 0 Å². The minimum atomic E-state index is 0.465. The van der Waals surface area contributed by atoms with Crippen molar-refractivity contribution >= 4 is 0 Å². The van der Waals surface area contributed by atoms with E-state index in [4.69, 9.17) is 9.47 Å². The summed E-state index contributed by atoms with van der Waals surface area (Å²) in [5.74, 6) is 5.36. The summed E-state index contributed by atoms with van der Waals surface area (Å²) in [6, 6.07) is 0. The molecule has 0 aliphatic carbocycles. The van der Waals surface area contributed by atoms with E-state index in [0.29, 0.717) is 13.5 Å². The van der Waals surface area contributed by atoms with E-state index < -0.39 is 0 Å². The molecule has 0 saturated carbocycles. The van der Waals surface area contributed by atoms with Crippen LogP contribution in [-0.2, 0) is 9.47 Å². The van der Waals surface area contributed by atoms with Crippen molar-refractivity contribution in [3.63, 3.8) is 0 Å². The molecule has 0 fully saturated rings. The summed E-state index contributed by atoms with van der Waals surface area (Å²) in [5, 5.41) is 0. The fraction of sp³-hybridized carbons (Fsp3) is 0.667. The Labute approximate surface area is 92.7 Å². The van der Waals surface area contributed by atoms with Gasteiger partial charge in [-0.3, -0.25) is 0 Å². The molecule has 84 valence electrons. The van der Waals surface area contributed by atoms with E-state index in [1.165, 1.54) is 0 Å². The van der Waals surface area contributed by atoms with E-state index in [-0.39, 0.29) is 0 Å². The van der Waals surface area contributed by atoms with E-state index in [1.54, 1.807) is 13.8 Å². The van der Waals surface area contributed by atoms with Gasteiger partial charge >= 0.3 is 0 Å². The van der Waals surface area contributed by atoms with Gasteiger partial charge in [-0.2, -0.15) is 0 Å². The van der Waals surface area contributed by atoms with Crippen molar-refractivity contribution in [1.82, 2.24) is 4.90 Å². The molecule has 0 rings (SSSR count). The van der Waals surface area contributed by atoms with Gasteiger partial charge < -0.3 is 9.47 Å². The van der Waals surface area contributed by atoms with Gasteiger partial charge in [-0.15, -0.1) is 0 Å². The third kappa shape index (κ3) is 9.00. The maximum absolute atomic E-state index is 5.11. The Kier molecular flexibility index (Phi) is 9.81. The molecule has 0 heterocycles. The quantitative estimate of drug-likeness (QED) is 0.473. The van der Waals surface area contributed by atoms with E-state index >= 15 is 0 Å². The second-order valence-electron chi connectivity index (χ2n) is 3.00. The molecule has 0 aromatic heterocycles. The first-order chi connectivity index (χ1) is 7.35. The maximum Gasteiger partial charge on any atom is 0.156 e. The average molecular weight is 209 g/mol. The second-order valence-corrected chi connectivity index (χ2v) is 3.00. The first-order valence-electron chi connectivity index (χ1n) is 5.14. The Morgan fingerprint density at radius 3 is 1.93 bits per heavy atom. The smallest absolute Gasteiger partial charge is 0.156 e. The lowest BCUT2D eigenvalue weighted by atomic mass is 10.3. The van der Waals surface area contributed by atoms with Crippen LogP contribution in [0.5, 0.6) is 0 Å².